The molecule has 1 fully saturated rings. The molecule has 15 heavy (non-hydrogen) atoms. The molecule has 1 saturated carbocycles. The monoisotopic (exact) mass is 210 g/mol. The molecule has 0 aromatic carbocycles. The van der Waals surface area contributed by atoms with Crippen molar-refractivity contribution >= 4 is 6.29 Å². The molecule has 1 aliphatic carbocycles. The minimum absolute atomic E-state index is 0.296. The minimum atomic E-state index is 0.296. The van der Waals surface area contributed by atoms with Crippen LogP contribution >= 0.6 is 0 Å². The molecule has 1 rings (SSSR count). The molecule has 0 aromatic heterocycles. The van der Waals surface area contributed by atoms with Gasteiger partial charge in [-0.25, -0.2) is 0 Å². The molecule has 86 valence electrons. The van der Waals surface area contributed by atoms with Crippen LogP contribution in [0.3, 0.4) is 0 Å². The lowest BCUT2D eigenvalue weighted by molar-refractivity contribution is -0.104. The van der Waals surface area contributed by atoms with Gasteiger partial charge in [-0.05, 0) is 30.6 Å². The third-order valence-corrected chi connectivity index (χ3v) is 3.37. The molecule has 0 saturated heterocycles. The van der Waals surface area contributed by atoms with Gasteiger partial charge in [0.05, 0.1) is 6.26 Å². The highest BCUT2D eigenvalue weighted by molar-refractivity contribution is 5.64. The molecular formula is C13H22O2. The number of rotatable bonds is 4. The van der Waals surface area contributed by atoms with Crippen molar-refractivity contribution in [3.05, 3.63) is 12.3 Å². The Morgan fingerprint density at radius 1 is 1.33 bits per heavy atom. The Labute approximate surface area is 92.7 Å². The first kappa shape index (κ1) is 12.3. The molecule has 3 atom stereocenters. The fraction of sp³-hybridized carbons (Fsp3) is 0.769. The van der Waals surface area contributed by atoms with Gasteiger partial charge in [0.1, 0.15) is 12.4 Å². The van der Waals surface area contributed by atoms with Crippen molar-refractivity contribution in [2.45, 2.75) is 46.1 Å². The summed E-state index contributed by atoms with van der Waals surface area (Å²) >= 11 is 0. The molecular weight excluding hydrogens is 188 g/mol. The normalized spacial score (nSPS) is 32.1. The van der Waals surface area contributed by atoms with E-state index in [1.807, 2.05) is 0 Å². The highest BCUT2D eigenvalue weighted by Crippen LogP contribution is 2.35. The molecule has 2 heteroatoms. The van der Waals surface area contributed by atoms with Crippen molar-refractivity contribution in [1.82, 2.24) is 0 Å². The fourth-order valence-corrected chi connectivity index (χ4v) is 2.45. The quantitative estimate of drug-likeness (QED) is 0.405. The number of aldehydes is 1. The standard InChI is InChI=1S/C13H22O2/c1-10(2)12-6-5-11(3)9-13(12)15-8-4-7-14/h4,7-8,10-13H,5-6,9H2,1-3H3/b8-4+/t11-,12+,13-/m0/s1. The number of ether oxygens (including phenoxy) is 1. The molecule has 0 aromatic rings. The molecule has 0 bridgehead atoms. The van der Waals surface area contributed by atoms with Crippen LogP contribution in [0.4, 0.5) is 0 Å². The minimum Gasteiger partial charge on any atom is -0.498 e. The predicted octanol–water partition coefficient (Wildman–Crippen LogP) is 3.18. The summed E-state index contributed by atoms with van der Waals surface area (Å²) in [6.07, 6.45) is 7.70. The van der Waals surface area contributed by atoms with Crippen LogP contribution in [0.1, 0.15) is 40.0 Å². The van der Waals surface area contributed by atoms with Crippen molar-refractivity contribution in [1.29, 1.82) is 0 Å². The summed E-state index contributed by atoms with van der Waals surface area (Å²) in [7, 11) is 0. The highest BCUT2D eigenvalue weighted by atomic mass is 16.5. The topological polar surface area (TPSA) is 26.3 Å². The van der Waals surface area contributed by atoms with E-state index in [1.165, 1.54) is 18.9 Å². The third-order valence-electron chi connectivity index (χ3n) is 3.37. The molecule has 2 nitrogen and oxygen atoms in total. The average Bonchev–Trinajstić information content (AvgIpc) is 2.18. The van der Waals surface area contributed by atoms with Crippen LogP contribution in [0.5, 0.6) is 0 Å². The van der Waals surface area contributed by atoms with Crippen LogP contribution in [0.25, 0.3) is 0 Å². The van der Waals surface area contributed by atoms with E-state index >= 15 is 0 Å². The van der Waals surface area contributed by atoms with Gasteiger partial charge in [-0.1, -0.05) is 27.2 Å². The molecule has 0 heterocycles. The first-order valence-corrected chi connectivity index (χ1v) is 5.91. The summed E-state index contributed by atoms with van der Waals surface area (Å²) < 4.78 is 5.66. The smallest absolute Gasteiger partial charge is 0.145 e. The van der Waals surface area contributed by atoms with Crippen LogP contribution in [-0.2, 0) is 9.53 Å². The molecule has 1 aliphatic rings. The Kier molecular flexibility index (Phi) is 4.86. The third kappa shape index (κ3) is 3.69. The summed E-state index contributed by atoms with van der Waals surface area (Å²) in [6, 6.07) is 0. The van der Waals surface area contributed by atoms with Gasteiger partial charge in [0.2, 0.25) is 0 Å². The van der Waals surface area contributed by atoms with Crippen LogP contribution in [-0.4, -0.2) is 12.4 Å². The lowest BCUT2D eigenvalue weighted by Crippen LogP contribution is -2.33. The summed E-state index contributed by atoms with van der Waals surface area (Å²) in [6.45, 7) is 6.78. The van der Waals surface area contributed by atoms with Crippen molar-refractivity contribution in [3.63, 3.8) is 0 Å². The lowest BCUT2D eigenvalue weighted by atomic mass is 9.75. The maximum atomic E-state index is 10.2. The first-order chi connectivity index (χ1) is 7.15. The second kappa shape index (κ2) is 5.94. The van der Waals surface area contributed by atoms with Gasteiger partial charge in [-0.15, -0.1) is 0 Å². The Bertz CT molecular complexity index is 221. The number of carbonyl (C=O) groups excluding carboxylic acids is 1. The summed E-state index contributed by atoms with van der Waals surface area (Å²) in [5.41, 5.74) is 0. The van der Waals surface area contributed by atoms with E-state index in [1.54, 1.807) is 6.26 Å². The van der Waals surface area contributed by atoms with Gasteiger partial charge in [0, 0.05) is 6.08 Å². The Morgan fingerprint density at radius 3 is 2.67 bits per heavy atom. The number of hydrogen-bond acceptors (Lipinski definition) is 2. The maximum Gasteiger partial charge on any atom is 0.145 e. The lowest BCUT2D eigenvalue weighted by Gasteiger charge is -2.36. The number of allylic oxidation sites excluding steroid dienone is 1. The maximum absolute atomic E-state index is 10.2. The molecule has 0 spiro atoms. The zero-order valence-corrected chi connectivity index (χ0v) is 9.98. The second-order valence-electron chi connectivity index (χ2n) is 4.97. The summed E-state index contributed by atoms with van der Waals surface area (Å²) in [5.74, 6) is 2.04. The Hall–Kier alpha value is -0.790. The summed E-state index contributed by atoms with van der Waals surface area (Å²) in [4.78, 5) is 10.2. The highest BCUT2D eigenvalue weighted by Gasteiger charge is 2.31. The van der Waals surface area contributed by atoms with Gasteiger partial charge in [0.25, 0.3) is 0 Å². The van der Waals surface area contributed by atoms with E-state index in [4.69, 9.17) is 4.74 Å². The van der Waals surface area contributed by atoms with E-state index in [-0.39, 0.29) is 0 Å². The molecule has 0 amide bonds. The van der Waals surface area contributed by atoms with E-state index in [9.17, 15) is 4.79 Å². The SMILES string of the molecule is CC(C)[C@H]1CC[C@H](C)C[C@@H]1O/C=C/C=O. The number of carbonyl (C=O) groups is 1. The van der Waals surface area contributed by atoms with E-state index < -0.39 is 0 Å². The van der Waals surface area contributed by atoms with Gasteiger partial charge in [0.15, 0.2) is 0 Å². The van der Waals surface area contributed by atoms with Crippen molar-refractivity contribution in [2.75, 3.05) is 0 Å². The van der Waals surface area contributed by atoms with Gasteiger partial charge in [-0.3, -0.25) is 4.79 Å². The Balaban J connectivity index is 2.53. The van der Waals surface area contributed by atoms with Gasteiger partial charge in [-0.2, -0.15) is 0 Å². The molecule has 0 aliphatic heterocycles. The summed E-state index contributed by atoms with van der Waals surface area (Å²) in [5, 5.41) is 0. The van der Waals surface area contributed by atoms with Crippen molar-refractivity contribution < 1.29 is 9.53 Å². The van der Waals surface area contributed by atoms with E-state index in [0.29, 0.717) is 17.9 Å². The number of hydrogen-bond donors (Lipinski definition) is 0. The van der Waals surface area contributed by atoms with E-state index in [0.717, 1.165) is 18.6 Å². The zero-order chi connectivity index (χ0) is 11.3. The van der Waals surface area contributed by atoms with Gasteiger partial charge < -0.3 is 4.74 Å². The second-order valence-corrected chi connectivity index (χ2v) is 4.97. The molecule has 0 unspecified atom stereocenters. The van der Waals surface area contributed by atoms with Crippen LogP contribution in [0, 0.1) is 17.8 Å². The average molecular weight is 210 g/mol. The van der Waals surface area contributed by atoms with Crippen LogP contribution < -0.4 is 0 Å². The van der Waals surface area contributed by atoms with E-state index in [2.05, 4.69) is 20.8 Å². The molecule has 0 radical (unpaired) electrons. The fourth-order valence-electron chi connectivity index (χ4n) is 2.45. The van der Waals surface area contributed by atoms with Crippen LogP contribution in [0.2, 0.25) is 0 Å². The Morgan fingerprint density at radius 2 is 2.07 bits per heavy atom. The van der Waals surface area contributed by atoms with Crippen molar-refractivity contribution in [2.24, 2.45) is 17.8 Å². The van der Waals surface area contributed by atoms with Crippen LogP contribution in [0.15, 0.2) is 12.3 Å². The first-order valence-electron chi connectivity index (χ1n) is 5.91. The predicted molar refractivity (Wildman–Crippen MR) is 61.4 cm³/mol. The zero-order valence-electron chi connectivity index (χ0n) is 9.98. The van der Waals surface area contributed by atoms with Gasteiger partial charge >= 0.3 is 0 Å². The largest absolute Gasteiger partial charge is 0.498 e. The molecule has 0 N–H and O–H groups in total. The van der Waals surface area contributed by atoms with Crippen molar-refractivity contribution in [3.8, 4) is 0 Å².